The first-order chi connectivity index (χ1) is 13.9. The molecule has 172 valence electrons. The van der Waals surface area contributed by atoms with Crippen molar-refractivity contribution in [2.45, 2.75) is 57.9 Å². The van der Waals surface area contributed by atoms with Crippen LogP contribution < -0.4 is 15.1 Å². The Morgan fingerprint density at radius 1 is 1.10 bits per heavy atom. The predicted molar refractivity (Wildman–Crippen MR) is 114 cm³/mol. The third-order valence-electron chi connectivity index (χ3n) is 5.03. The number of rotatable bonds is 5. The maximum atomic E-state index is 13.3. The number of alkyl halides is 5. The van der Waals surface area contributed by atoms with E-state index in [1.165, 1.54) is 0 Å². The SMILES string of the molecule is Cc1cc(O[Si](C)(C)C(C)(C)C)ccc1NC(=O)Nc1nc(C(F)(F)C(F)(F)F)cs1. The van der Waals surface area contributed by atoms with Gasteiger partial charge in [-0.05, 0) is 48.8 Å². The number of hydrogen-bond donors (Lipinski definition) is 2. The molecule has 0 saturated carbocycles. The molecule has 2 rings (SSSR count). The van der Waals surface area contributed by atoms with Gasteiger partial charge in [-0.3, -0.25) is 5.32 Å². The van der Waals surface area contributed by atoms with Crippen molar-refractivity contribution in [3.05, 3.63) is 34.8 Å². The third kappa shape index (κ3) is 5.73. The topological polar surface area (TPSA) is 63.2 Å². The number of halogens is 5. The lowest BCUT2D eigenvalue weighted by Gasteiger charge is -2.36. The fraction of sp³-hybridized carbons (Fsp3) is 0.474. The summed E-state index contributed by atoms with van der Waals surface area (Å²) in [6, 6.07) is 4.27. The quantitative estimate of drug-likeness (QED) is 0.353. The van der Waals surface area contributed by atoms with Gasteiger partial charge in [-0.1, -0.05) is 20.8 Å². The fourth-order valence-corrected chi connectivity index (χ4v) is 3.91. The van der Waals surface area contributed by atoms with E-state index in [1.54, 1.807) is 25.1 Å². The molecule has 31 heavy (non-hydrogen) atoms. The van der Waals surface area contributed by atoms with E-state index < -0.39 is 32.1 Å². The van der Waals surface area contributed by atoms with Gasteiger partial charge in [-0.2, -0.15) is 22.0 Å². The van der Waals surface area contributed by atoms with E-state index in [4.69, 9.17) is 4.43 Å². The number of urea groups is 1. The van der Waals surface area contributed by atoms with Gasteiger partial charge >= 0.3 is 18.1 Å². The number of carbonyl (C=O) groups is 1. The minimum Gasteiger partial charge on any atom is -0.543 e. The van der Waals surface area contributed by atoms with Gasteiger partial charge in [0.2, 0.25) is 8.32 Å². The van der Waals surface area contributed by atoms with Crippen LogP contribution >= 0.6 is 11.3 Å². The van der Waals surface area contributed by atoms with Crippen LogP contribution in [0.2, 0.25) is 18.1 Å². The van der Waals surface area contributed by atoms with Crippen molar-refractivity contribution in [1.82, 2.24) is 4.98 Å². The molecule has 2 aromatic rings. The predicted octanol–water partition coefficient (Wildman–Crippen LogP) is 7.13. The number of benzene rings is 1. The first-order valence-corrected chi connectivity index (χ1v) is 13.0. The molecule has 0 aliphatic rings. The summed E-state index contributed by atoms with van der Waals surface area (Å²) in [4.78, 5) is 15.3. The number of anilines is 2. The Kier molecular flexibility index (Phi) is 6.77. The van der Waals surface area contributed by atoms with Crippen molar-refractivity contribution in [2.24, 2.45) is 0 Å². The van der Waals surface area contributed by atoms with Crippen LogP contribution in [0.4, 0.5) is 37.6 Å². The van der Waals surface area contributed by atoms with Crippen molar-refractivity contribution in [3.8, 4) is 5.75 Å². The number of nitrogens with zero attached hydrogens (tertiary/aromatic N) is 1. The lowest BCUT2D eigenvalue weighted by molar-refractivity contribution is -0.290. The number of carbonyl (C=O) groups excluding carboxylic acids is 1. The van der Waals surface area contributed by atoms with Gasteiger partial charge in [0.1, 0.15) is 11.4 Å². The van der Waals surface area contributed by atoms with Gasteiger partial charge in [0.25, 0.3) is 0 Å². The normalized spacial score (nSPS) is 13.1. The highest BCUT2D eigenvalue weighted by Gasteiger charge is 2.60. The summed E-state index contributed by atoms with van der Waals surface area (Å²) in [6.07, 6.45) is -5.77. The minimum atomic E-state index is -5.77. The van der Waals surface area contributed by atoms with Crippen molar-refractivity contribution in [3.63, 3.8) is 0 Å². The average Bonchev–Trinajstić information content (AvgIpc) is 3.04. The largest absolute Gasteiger partial charge is 0.543 e. The van der Waals surface area contributed by atoms with Crippen LogP contribution in [0.15, 0.2) is 23.6 Å². The summed E-state index contributed by atoms with van der Waals surface area (Å²) in [5.74, 6) is -4.44. The van der Waals surface area contributed by atoms with Crippen LogP contribution in [0, 0.1) is 6.92 Å². The molecule has 2 N–H and O–H groups in total. The molecule has 5 nitrogen and oxygen atoms in total. The summed E-state index contributed by atoms with van der Waals surface area (Å²) >= 11 is 0.468. The van der Waals surface area contributed by atoms with Gasteiger partial charge in [-0.15, -0.1) is 11.3 Å². The van der Waals surface area contributed by atoms with Gasteiger partial charge in [-0.25, -0.2) is 9.78 Å². The highest BCUT2D eigenvalue weighted by molar-refractivity contribution is 7.14. The zero-order valence-electron chi connectivity index (χ0n) is 17.9. The first-order valence-electron chi connectivity index (χ1n) is 9.22. The summed E-state index contributed by atoms with van der Waals surface area (Å²) < 4.78 is 70.1. The van der Waals surface area contributed by atoms with Gasteiger partial charge in [0.15, 0.2) is 5.13 Å². The van der Waals surface area contributed by atoms with Gasteiger partial charge in [0.05, 0.1) is 0 Å². The molecule has 1 aromatic carbocycles. The number of amides is 2. The molecule has 0 saturated heterocycles. The van der Waals surface area contributed by atoms with Crippen LogP contribution in [-0.2, 0) is 5.92 Å². The summed E-state index contributed by atoms with van der Waals surface area (Å²) in [5.41, 5.74) is -0.351. The lowest BCUT2D eigenvalue weighted by Crippen LogP contribution is -2.43. The van der Waals surface area contributed by atoms with Crippen molar-refractivity contribution >= 4 is 36.5 Å². The van der Waals surface area contributed by atoms with Crippen LogP contribution in [-0.4, -0.2) is 25.5 Å². The average molecular weight is 482 g/mol. The first kappa shape index (κ1) is 25.1. The van der Waals surface area contributed by atoms with E-state index in [0.29, 0.717) is 33.7 Å². The molecular formula is C19H24F5N3O2SSi. The zero-order chi connectivity index (χ0) is 23.8. The second-order valence-electron chi connectivity index (χ2n) is 8.53. The maximum Gasteiger partial charge on any atom is 0.459 e. The third-order valence-corrected chi connectivity index (χ3v) is 10.1. The lowest BCUT2D eigenvalue weighted by atomic mass is 10.2. The van der Waals surface area contributed by atoms with E-state index >= 15 is 0 Å². The number of nitrogens with one attached hydrogen (secondary N) is 2. The fourth-order valence-electron chi connectivity index (χ4n) is 2.16. The van der Waals surface area contributed by atoms with Crippen LogP contribution in [0.25, 0.3) is 0 Å². The maximum absolute atomic E-state index is 13.3. The molecule has 1 heterocycles. The number of aryl methyl sites for hydroxylation is 1. The van der Waals surface area contributed by atoms with Crippen molar-refractivity contribution in [1.29, 1.82) is 0 Å². The van der Waals surface area contributed by atoms with Crippen LogP contribution in [0.5, 0.6) is 5.75 Å². The molecule has 0 spiro atoms. The van der Waals surface area contributed by atoms with Crippen molar-refractivity contribution < 1.29 is 31.2 Å². The molecule has 0 unspecified atom stereocenters. The number of hydrogen-bond acceptors (Lipinski definition) is 4. The van der Waals surface area contributed by atoms with Crippen LogP contribution in [0.1, 0.15) is 32.0 Å². The van der Waals surface area contributed by atoms with E-state index in [2.05, 4.69) is 49.5 Å². The Morgan fingerprint density at radius 3 is 2.23 bits per heavy atom. The number of thiazole rings is 1. The van der Waals surface area contributed by atoms with Gasteiger partial charge in [0, 0.05) is 11.1 Å². The molecule has 0 aliphatic heterocycles. The Balaban J connectivity index is 2.07. The second-order valence-corrected chi connectivity index (χ2v) is 14.1. The minimum absolute atomic E-state index is 0.00714. The monoisotopic (exact) mass is 481 g/mol. The Morgan fingerprint density at radius 2 is 1.71 bits per heavy atom. The molecule has 2 amide bonds. The molecule has 1 aromatic heterocycles. The van der Waals surface area contributed by atoms with E-state index in [1.807, 2.05) is 0 Å². The van der Waals surface area contributed by atoms with E-state index in [0.717, 1.165) is 0 Å². The second kappa shape index (κ2) is 8.38. The highest BCUT2D eigenvalue weighted by Crippen LogP contribution is 2.44. The molecular weight excluding hydrogens is 457 g/mol. The Bertz CT molecular complexity index is 955. The zero-order valence-corrected chi connectivity index (χ0v) is 19.7. The molecule has 0 atom stereocenters. The molecule has 0 fully saturated rings. The summed E-state index contributed by atoms with van der Waals surface area (Å²) in [6.45, 7) is 12.3. The molecule has 12 heteroatoms. The Hall–Kier alpha value is -2.21. The molecule has 0 radical (unpaired) electrons. The van der Waals surface area contributed by atoms with Crippen LogP contribution in [0.3, 0.4) is 0 Å². The van der Waals surface area contributed by atoms with E-state index in [-0.39, 0.29) is 10.2 Å². The number of aromatic nitrogens is 1. The molecule has 0 aliphatic carbocycles. The molecule has 0 bridgehead atoms. The summed E-state index contributed by atoms with van der Waals surface area (Å²) in [5, 5.41) is 4.87. The van der Waals surface area contributed by atoms with Crippen molar-refractivity contribution in [2.75, 3.05) is 10.6 Å². The van der Waals surface area contributed by atoms with E-state index in [9.17, 15) is 26.7 Å². The Labute approximate surface area is 182 Å². The summed E-state index contributed by atoms with van der Waals surface area (Å²) in [7, 11) is -2.04. The van der Waals surface area contributed by atoms with Gasteiger partial charge < -0.3 is 9.74 Å². The highest BCUT2D eigenvalue weighted by atomic mass is 32.1. The standard InChI is InChI=1S/C19H24F5N3O2SSi/c1-11-9-12(29-31(5,6)17(2,3)4)7-8-13(11)25-15(28)27-16-26-14(10-30-16)18(20,21)19(22,23)24/h7-10H,1-6H3,(H2,25,26,27,28). The smallest absolute Gasteiger partial charge is 0.459 e.